The third kappa shape index (κ3) is 8.42. The molecule has 2 aromatic carbocycles. The van der Waals surface area contributed by atoms with Crippen molar-refractivity contribution in [3.8, 4) is 0 Å². The number of thioether (sulfide) groups is 2. The molecule has 2 heterocycles. The Kier molecular flexibility index (Phi) is 10.5. The maximum Gasteiger partial charge on any atom is 0.411 e. The predicted molar refractivity (Wildman–Crippen MR) is 164 cm³/mol. The van der Waals surface area contributed by atoms with Crippen molar-refractivity contribution in [3.05, 3.63) is 104 Å². The first-order valence-corrected chi connectivity index (χ1v) is 15.3. The maximum absolute atomic E-state index is 14.6. The van der Waals surface area contributed by atoms with E-state index in [1.165, 1.54) is 12.1 Å². The van der Waals surface area contributed by atoms with Crippen LogP contribution in [0.4, 0.5) is 37.7 Å². The van der Waals surface area contributed by atoms with Crippen molar-refractivity contribution in [1.82, 2.24) is 19.9 Å². The van der Waals surface area contributed by atoms with Gasteiger partial charge in [0.1, 0.15) is 0 Å². The van der Waals surface area contributed by atoms with Crippen LogP contribution in [0.25, 0.3) is 0 Å². The number of aryl methyl sites for hydroxylation is 2. The second kappa shape index (κ2) is 14.0. The second-order valence-electron chi connectivity index (χ2n) is 9.96. The van der Waals surface area contributed by atoms with Crippen LogP contribution < -0.4 is 21.8 Å². The molecule has 47 heavy (non-hydrogen) atoms. The highest BCUT2D eigenvalue weighted by molar-refractivity contribution is 8.00. The molecule has 248 valence electrons. The van der Waals surface area contributed by atoms with Gasteiger partial charge in [-0.25, -0.2) is 9.97 Å². The van der Waals surface area contributed by atoms with Crippen LogP contribution in [0.3, 0.4) is 0 Å². The Balaban J connectivity index is 1.52. The summed E-state index contributed by atoms with van der Waals surface area (Å²) in [4.78, 5) is 60.8. The Morgan fingerprint density at radius 3 is 1.30 bits per heavy atom. The molecule has 0 aliphatic carbocycles. The predicted octanol–water partition coefficient (Wildman–Crippen LogP) is 5.34. The Morgan fingerprint density at radius 1 is 0.660 bits per heavy atom. The fourth-order valence-corrected chi connectivity index (χ4v) is 5.93. The van der Waals surface area contributed by atoms with Gasteiger partial charge < -0.3 is 20.6 Å². The van der Waals surface area contributed by atoms with Gasteiger partial charge in [0.05, 0.1) is 11.5 Å². The van der Waals surface area contributed by atoms with Gasteiger partial charge in [-0.2, -0.15) is 26.3 Å². The van der Waals surface area contributed by atoms with Gasteiger partial charge in [-0.3, -0.25) is 19.2 Å². The number of aromatic amines is 2. The van der Waals surface area contributed by atoms with Crippen molar-refractivity contribution in [3.63, 3.8) is 0 Å². The number of H-pyrrole nitrogens is 2. The lowest BCUT2D eigenvalue weighted by atomic mass is 9.73. The van der Waals surface area contributed by atoms with Crippen LogP contribution in [-0.2, 0) is 15.0 Å². The Morgan fingerprint density at radius 2 is 1.00 bits per heavy atom. The highest BCUT2D eigenvalue weighted by atomic mass is 32.2. The lowest BCUT2D eigenvalue weighted by Gasteiger charge is -2.38. The normalized spacial score (nSPS) is 12.1. The van der Waals surface area contributed by atoms with Crippen LogP contribution >= 0.6 is 23.5 Å². The average Bonchev–Trinajstić information content (AvgIpc) is 2.95. The summed E-state index contributed by atoms with van der Waals surface area (Å²) >= 11 is 1.75. The van der Waals surface area contributed by atoms with E-state index in [0.717, 1.165) is 47.8 Å². The van der Waals surface area contributed by atoms with E-state index in [0.29, 0.717) is 35.7 Å². The summed E-state index contributed by atoms with van der Waals surface area (Å²) in [6.45, 7) is 3.15. The molecule has 0 fully saturated rings. The number of rotatable bonds is 10. The molecule has 0 unspecified atom stereocenters. The molecule has 4 N–H and O–H groups in total. The minimum atomic E-state index is -5.86. The molecule has 0 atom stereocenters. The summed E-state index contributed by atoms with van der Waals surface area (Å²) in [6, 6.07) is 8.66. The number of amides is 2. The smallest absolute Gasteiger partial charge is 0.325 e. The third-order valence-electron chi connectivity index (χ3n) is 6.43. The second-order valence-corrected chi connectivity index (χ2v) is 11.9. The molecule has 0 aliphatic heterocycles. The summed E-state index contributed by atoms with van der Waals surface area (Å²) in [6.07, 6.45) is -11.7. The summed E-state index contributed by atoms with van der Waals surface area (Å²) in [5, 5.41) is 5.08. The van der Waals surface area contributed by atoms with Crippen molar-refractivity contribution in [2.45, 2.75) is 41.9 Å². The van der Waals surface area contributed by atoms with Gasteiger partial charge in [0.2, 0.25) is 17.2 Å². The molecule has 2 amide bonds. The number of carbonyl (C=O) groups excluding carboxylic acids is 2. The molecule has 0 bridgehead atoms. The minimum absolute atomic E-state index is 0.0656. The van der Waals surface area contributed by atoms with Crippen LogP contribution in [0, 0.1) is 13.8 Å². The first-order chi connectivity index (χ1) is 22.0. The lowest BCUT2D eigenvalue weighted by molar-refractivity contribution is -0.288. The Labute approximate surface area is 270 Å². The van der Waals surface area contributed by atoms with Crippen LogP contribution in [0.15, 0.2) is 80.6 Å². The van der Waals surface area contributed by atoms with Gasteiger partial charge in [0.25, 0.3) is 11.1 Å². The molecule has 2 aromatic heterocycles. The Hall–Kier alpha value is -4.58. The molecule has 0 radical (unpaired) electrons. The molecule has 4 rings (SSSR count). The highest BCUT2D eigenvalue weighted by Crippen LogP contribution is 2.56. The van der Waals surface area contributed by atoms with E-state index in [1.807, 2.05) is 0 Å². The fourth-order valence-electron chi connectivity index (χ4n) is 4.49. The van der Waals surface area contributed by atoms with E-state index in [4.69, 9.17) is 0 Å². The van der Waals surface area contributed by atoms with Gasteiger partial charge in [-0.05, 0) is 49.2 Å². The van der Waals surface area contributed by atoms with Crippen LogP contribution in [-0.4, -0.2) is 55.6 Å². The molecule has 4 aromatic rings. The van der Waals surface area contributed by atoms with Gasteiger partial charge in [-0.1, -0.05) is 47.8 Å². The number of hydrogen-bond acceptors (Lipinski definition) is 8. The van der Waals surface area contributed by atoms with Crippen LogP contribution in [0.2, 0.25) is 0 Å². The van der Waals surface area contributed by atoms with Crippen molar-refractivity contribution in [2.75, 3.05) is 22.1 Å². The molecule has 0 saturated heterocycles. The first kappa shape index (κ1) is 35.3. The topological polar surface area (TPSA) is 150 Å². The van der Waals surface area contributed by atoms with E-state index in [2.05, 4.69) is 30.6 Å². The zero-order valence-corrected chi connectivity index (χ0v) is 25.9. The zero-order valence-electron chi connectivity index (χ0n) is 24.3. The summed E-state index contributed by atoms with van der Waals surface area (Å²) < 4.78 is 87.4. The molecule has 18 heteroatoms. The van der Waals surface area contributed by atoms with Gasteiger partial charge in [-0.15, -0.1) is 0 Å². The highest BCUT2D eigenvalue weighted by Gasteiger charge is 2.72. The van der Waals surface area contributed by atoms with Crippen molar-refractivity contribution in [2.24, 2.45) is 0 Å². The number of halogens is 6. The van der Waals surface area contributed by atoms with Gasteiger partial charge in [0, 0.05) is 34.9 Å². The molecule has 10 nitrogen and oxygen atoms in total. The largest absolute Gasteiger partial charge is 0.411 e. The number of benzene rings is 2. The number of hydrogen-bond donors (Lipinski definition) is 4. The van der Waals surface area contributed by atoms with Crippen molar-refractivity contribution in [1.29, 1.82) is 0 Å². The molecule has 0 spiro atoms. The van der Waals surface area contributed by atoms with E-state index in [1.54, 1.807) is 13.8 Å². The summed E-state index contributed by atoms with van der Waals surface area (Å²) in [5.74, 6) is -1.81. The quantitative estimate of drug-likeness (QED) is 0.0986. The third-order valence-corrected chi connectivity index (χ3v) is 8.18. The first-order valence-electron chi connectivity index (χ1n) is 13.3. The maximum atomic E-state index is 14.6. The molecule has 0 aliphatic rings. The average molecular weight is 699 g/mol. The van der Waals surface area contributed by atoms with E-state index in [9.17, 15) is 45.5 Å². The van der Waals surface area contributed by atoms with Crippen molar-refractivity contribution < 1.29 is 35.9 Å². The molecule has 0 saturated carbocycles. The fraction of sp³-hybridized carbons (Fsp3) is 0.241. The lowest BCUT2D eigenvalue weighted by Crippen LogP contribution is -2.54. The van der Waals surface area contributed by atoms with Gasteiger partial charge in [0.15, 0.2) is 10.3 Å². The SMILES string of the molecule is Cc1cc(=O)[nH]c(SCC(=O)Nc2ccc(C(c3ccc(NC(=O)CSc4nc(C)cc(=O)[nH]4)cc3)(C(F)(F)F)C(F)(F)F)cc2)n1. The van der Waals surface area contributed by atoms with E-state index >= 15 is 0 Å². The monoisotopic (exact) mass is 698 g/mol. The zero-order chi connectivity index (χ0) is 34.6. The van der Waals surface area contributed by atoms with Crippen molar-refractivity contribution >= 4 is 46.7 Å². The number of nitrogens with zero attached hydrogens (tertiary/aromatic N) is 2. The van der Waals surface area contributed by atoms with E-state index in [-0.39, 0.29) is 33.2 Å². The number of anilines is 2. The van der Waals surface area contributed by atoms with Crippen LogP contribution in [0.1, 0.15) is 22.5 Å². The summed E-state index contributed by atoms with van der Waals surface area (Å²) in [7, 11) is 0. The number of aromatic nitrogens is 4. The standard InChI is InChI=1S/C29H24F6N6O4S2/c1-15-11-21(42)40-25(36-15)46-13-23(44)38-19-7-3-17(4-8-19)27(28(30,31)32,29(33,34)35)18-5-9-20(10-6-18)39-24(45)14-47-26-37-16(2)12-22(43)41-26/h3-12H,13-14H2,1-2H3,(H,38,44)(H,39,45)(H,36,40,42)(H,37,41,43). The van der Waals surface area contributed by atoms with Crippen LogP contribution in [0.5, 0.6) is 0 Å². The van der Waals surface area contributed by atoms with Gasteiger partial charge >= 0.3 is 12.4 Å². The number of nitrogens with one attached hydrogen (secondary N) is 4. The number of alkyl halides is 6. The number of carbonyl (C=O) groups is 2. The summed E-state index contributed by atoms with van der Waals surface area (Å²) in [5.41, 5.74) is -6.93. The van der Waals surface area contributed by atoms with E-state index < -0.39 is 51.8 Å². The molecular formula is C29H24F6N6O4S2. The minimum Gasteiger partial charge on any atom is -0.325 e. The Bertz CT molecular complexity index is 1740. The molecular weight excluding hydrogens is 674 g/mol.